The van der Waals surface area contributed by atoms with Gasteiger partial charge in [0.05, 0.1) is 6.04 Å². The Bertz CT molecular complexity index is 996. The van der Waals surface area contributed by atoms with Gasteiger partial charge >= 0.3 is 0 Å². The summed E-state index contributed by atoms with van der Waals surface area (Å²) < 4.78 is 5.95. The first-order valence-corrected chi connectivity index (χ1v) is 11.0. The molecular weight excluding hydrogens is 388 g/mol. The molecule has 1 aliphatic heterocycles. The highest BCUT2D eigenvalue weighted by Crippen LogP contribution is 2.41. The van der Waals surface area contributed by atoms with Crippen LogP contribution >= 0.6 is 0 Å². The molecule has 2 atom stereocenters. The lowest BCUT2D eigenvalue weighted by Crippen LogP contribution is -2.41. The third-order valence-electron chi connectivity index (χ3n) is 6.02. The molecule has 0 bridgehead atoms. The molecule has 1 saturated carbocycles. The molecule has 2 amide bonds. The van der Waals surface area contributed by atoms with E-state index in [0.717, 1.165) is 36.9 Å². The number of aryl methyl sites for hydroxylation is 1. The molecule has 1 heterocycles. The van der Waals surface area contributed by atoms with Crippen molar-refractivity contribution < 1.29 is 14.3 Å². The molecule has 5 nitrogen and oxygen atoms in total. The molecule has 0 aromatic heterocycles. The number of nitrogens with zero attached hydrogens (tertiary/aromatic N) is 1. The van der Waals surface area contributed by atoms with Crippen molar-refractivity contribution >= 4 is 11.8 Å². The fourth-order valence-corrected chi connectivity index (χ4v) is 4.24. The maximum Gasteiger partial charge on any atom is 0.261 e. The molecule has 4 rings (SSSR count). The topological polar surface area (TPSA) is 58.6 Å². The van der Waals surface area contributed by atoms with Crippen LogP contribution in [-0.4, -0.2) is 35.9 Å². The fraction of sp³-hybridized carbons (Fsp3) is 0.385. The summed E-state index contributed by atoms with van der Waals surface area (Å²) in [6.07, 6.45) is 3.82. The maximum atomic E-state index is 13.1. The van der Waals surface area contributed by atoms with Gasteiger partial charge in [0.2, 0.25) is 5.91 Å². The van der Waals surface area contributed by atoms with Gasteiger partial charge in [0, 0.05) is 19.0 Å². The van der Waals surface area contributed by atoms with Gasteiger partial charge in [0.15, 0.2) is 6.10 Å². The van der Waals surface area contributed by atoms with Crippen LogP contribution in [0.1, 0.15) is 48.1 Å². The first-order valence-electron chi connectivity index (χ1n) is 11.0. The second-order valence-corrected chi connectivity index (χ2v) is 8.53. The number of carbonyl (C=O) groups is 2. The Hall–Kier alpha value is -3.08. The van der Waals surface area contributed by atoms with E-state index in [1.54, 1.807) is 13.0 Å². The molecule has 0 radical (unpaired) electrons. The van der Waals surface area contributed by atoms with Crippen LogP contribution in [0.2, 0.25) is 0 Å². The molecule has 2 unspecified atom stereocenters. The standard InChI is InChI=1S/C26H30N2O3/c1-4-13-27-25(29)18(3)31-22-11-10-19-12-14-28(26(30)20-8-9-20)24(23(19)16-22)21-7-5-6-17(2)15-21/h4-7,10-11,15-16,18,20,24H,1,8-9,12-14H2,2-3H3,(H,27,29). The van der Waals surface area contributed by atoms with Gasteiger partial charge in [-0.25, -0.2) is 0 Å². The number of hydrogen-bond donors (Lipinski definition) is 1. The van der Waals surface area contributed by atoms with Gasteiger partial charge in [-0.15, -0.1) is 6.58 Å². The summed E-state index contributed by atoms with van der Waals surface area (Å²) in [5.74, 6) is 0.874. The molecule has 1 fully saturated rings. The van der Waals surface area contributed by atoms with E-state index >= 15 is 0 Å². The Morgan fingerprint density at radius 1 is 1.26 bits per heavy atom. The smallest absolute Gasteiger partial charge is 0.261 e. The van der Waals surface area contributed by atoms with Gasteiger partial charge in [0.25, 0.3) is 5.91 Å². The minimum absolute atomic E-state index is 0.134. The summed E-state index contributed by atoms with van der Waals surface area (Å²) in [6.45, 7) is 8.56. The van der Waals surface area contributed by atoms with Crippen molar-refractivity contribution in [3.63, 3.8) is 0 Å². The highest BCUT2D eigenvalue weighted by molar-refractivity contribution is 5.82. The van der Waals surface area contributed by atoms with Gasteiger partial charge in [-0.2, -0.15) is 0 Å². The summed E-state index contributed by atoms with van der Waals surface area (Å²) in [7, 11) is 0. The minimum atomic E-state index is -0.622. The monoisotopic (exact) mass is 418 g/mol. The predicted octanol–water partition coefficient (Wildman–Crippen LogP) is 3.95. The normalized spacial score (nSPS) is 18.6. The van der Waals surface area contributed by atoms with E-state index in [2.05, 4.69) is 43.1 Å². The van der Waals surface area contributed by atoms with Crippen LogP contribution < -0.4 is 10.1 Å². The summed E-state index contributed by atoms with van der Waals surface area (Å²) in [4.78, 5) is 27.4. The summed E-state index contributed by atoms with van der Waals surface area (Å²) >= 11 is 0. The van der Waals surface area contributed by atoms with Crippen molar-refractivity contribution in [2.45, 2.75) is 45.3 Å². The Morgan fingerprint density at radius 2 is 2.06 bits per heavy atom. The molecule has 0 spiro atoms. The summed E-state index contributed by atoms with van der Waals surface area (Å²) in [5.41, 5.74) is 4.59. The number of ether oxygens (including phenoxy) is 1. The van der Waals surface area contributed by atoms with Gasteiger partial charge in [-0.05, 0) is 61.9 Å². The van der Waals surface area contributed by atoms with E-state index in [-0.39, 0.29) is 23.8 Å². The fourth-order valence-electron chi connectivity index (χ4n) is 4.24. The SMILES string of the molecule is C=CCNC(=O)C(C)Oc1ccc2c(c1)C(c1cccc(C)c1)N(C(=O)C1CC1)CC2. The number of benzene rings is 2. The van der Waals surface area contributed by atoms with Gasteiger partial charge in [0.1, 0.15) is 5.75 Å². The number of fused-ring (bicyclic) bond motifs is 1. The molecule has 2 aromatic carbocycles. The number of hydrogen-bond acceptors (Lipinski definition) is 3. The summed E-state index contributed by atoms with van der Waals surface area (Å²) in [5, 5.41) is 2.76. The van der Waals surface area contributed by atoms with Crippen LogP contribution in [0, 0.1) is 12.8 Å². The third-order valence-corrected chi connectivity index (χ3v) is 6.02. The highest BCUT2D eigenvalue weighted by Gasteiger charge is 2.39. The second-order valence-electron chi connectivity index (χ2n) is 8.53. The molecule has 0 saturated heterocycles. The highest BCUT2D eigenvalue weighted by atomic mass is 16.5. The van der Waals surface area contributed by atoms with Crippen LogP contribution in [0.25, 0.3) is 0 Å². The van der Waals surface area contributed by atoms with Crippen LogP contribution in [0.15, 0.2) is 55.1 Å². The van der Waals surface area contributed by atoms with E-state index in [9.17, 15) is 9.59 Å². The van der Waals surface area contributed by atoms with E-state index in [1.807, 2.05) is 23.1 Å². The molecule has 162 valence electrons. The molecule has 2 aliphatic rings. The third kappa shape index (κ3) is 4.66. The van der Waals surface area contributed by atoms with E-state index in [1.165, 1.54) is 11.1 Å². The van der Waals surface area contributed by atoms with Crippen LogP contribution in [0.4, 0.5) is 0 Å². The Kier molecular flexibility index (Phi) is 6.12. The largest absolute Gasteiger partial charge is 0.481 e. The Labute approximate surface area is 184 Å². The molecule has 1 N–H and O–H groups in total. The first kappa shape index (κ1) is 21.2. The van der Waals surface area contributed by atoms with E-state index < -0.39 is 6.10 Å². The Balaban J connectivity index is 1.66. The van der Waals surface area contributed by atoms with E-state index in [0.29, 0.717) is 12.3 Å². The van der Waals surface area contributed by atoms with Crippen molar-refractivity contribution in [1.82, 2.24) is 10.2 Å². The molecule has 5 heteroatoms. The number of nitrogens with one attached hydrogen (secondary N) is 1. The van der Waals surface area contributed by atoms with Gasteiger partial charge in [-0.1, -0.05) is 42.0 Å². The average molecular weight is 419 g/mol. The lowest BCUT2D eigenvalue weighted by Gasteiger charge is -2.38. The van der Waals surface area contributed by atoms with Crippen LogP contribution in [0.3, 0.4) is 0 Å². The number of carbonyl (C=O) groups excluding carboxylic acids is 2. The Morgan fingerprint density at radius 3 is 2.77 bits per heavy atom. The van der Waals surface area contributed by atoms with Crippen molar-refractivity contribution in [3.8, 4) is 5.75 Å². The second kappa shape index (κ2) is 8.96. The zero-order valence-electron chi connectivity index (χ0n) is 18.3. The number of amides is 2. The van der Waals surface area contributed by atoms with Crippen molar-refractivity contribution in [3.05, 3.63) is 77.4 Å². The zero-order valence-corrected chi connectivity index (χ0v) is 18.3. The van der Waals surface area contributed by atoms with Crippen LogP contribution in [-0.2, 0) is 16.0 Å². The molecular formula is C26H30N2O3. The lowest BCUT2D eigenvalue weighted by atomic mass is 9.87. The average Bonchev–Trinajstić information content (AvgIpc) is 3.61. The lowest BCUT2D eigenvalue weighted by molar-refractivity contribution is -0.134. The minimum Gasteiger partial charge on any atom is -0.481 e. The molecule has 2 aromatic rings. The van der Waals surface area contributed by atoms with E-state index in [4.69, 9.17) is 4.74 Å². The van der Waals surface area contributed by atoms with Crippen molar-refractivity contribution in [2.75, 3.05) is 13.1 Å². The predicted molar refractivity (Wildman–Crippen MR) is 121 cm³/mol. The van der Waals surface area contributed by atoms with Gasteiger partial charge in [-0.3, -0.25) is 9.59 Å². The molecule has 31 heavy (non-hydrogen) atoms. The maximum absolute atomic E-state index is 13.1. The summed E-state index contributed by atoms with van der Waals surface area (Å²) in [6, 6.07) is 14.2. The quantitative estimate of drug-likeness (QED) is 0.693. The van der Waals surface area contributed by atoms with Crippen molar-refractivity contribution in [2.24, 2.45) is 5.92 Å². The van der Waals surface area contributed by atoms with Crippen LogP contribution in [0.5, 0.6) is 5.75 Å². The molecule has 1 aliphatic carbocycles. The number of rotatable bonds is 7. The van der Waals surface area contributed by atoms with Gasteiger partial charge < -0.3 is 15.0 Å². The van der Waals surface area contributed by atoms with Crippen molar-refractivity contribution in [1.29, 1.82) is 0 Å². The first-order chi connectivity index (χ1) is 15.0. The zero-order chi connectivity index (χ0) is 22.0.